The molecule has 0 bridgehead atoms. The number of allylic oxidation sites excluding steroid dienone is 1. The summed E-state index contributed by atoms with van der Waals surface area (Å²) in [4.78, 5) is 0.0721. The van der Waals surface area contributed by atoms with Crippen LogP contribution in [0.5, 0.6) is 5.75 Å². The molecular formula is C22H17NO3S. The molecule has 3 aromatic rings. The molecule has 0 saturated heterocycles. The van der Waals surface area contributed by atoms with Crippen LogP contribution in [0.3, 0.4) is 0 Å². The van der Waals surface area contributed by atoms with Crippen molar-refractivity contribution in [1.29, 1.82) is 5.26 Å². The zero-order chi connectivity index (χ0) is 19.3. The summed E-state index contributed by atoms with van der Waals surface area (Å²) in [5.41, 5.74) is 2.77. The molecule has 3 aromatic carbocycles. The Morgan fingerprint density at radius 1 is 0.926 bits per heavy atom. The fourth-order valence-electron chi connectivity index (χ4n) is 2.50. The van der Waals surface area contributed by atoms with E-state index in [-0.39, 0.29) is 10.6 Å². The SMILES string of the molecule is Cc1ccc(/C(C#N)=C/c2ccccc2OS(=O)(=O)c2ccccc2)cc1. The molecule has 3 rings (SSSR count). The van der Waals surface area contributed by atoms with Crippen molar-refractivity contribution in [2.75, 3.05) is 0 Å². The quantitative estimate of drug-likeness (QED) is 0.364. The van der Waals surface area contributed by atoms with Gasteiger partial charge in [-0.15, -0.1) is 0 Å². The van der Waals surface area contributed by atoms with Crippen LogP contribution in [0.1, 0.15) is 16.7 Å². The second kappa shape index (κ2) is 7.90. The van der Waals surface area contributed by atoms with Crippen LogP contribution in [-0.4, -0.2) is 8.42 Å². The van der Waals surface area contributed by atoms with Gasteiger partial charge in [0, 0.05) is 5.56 Å². The molecule has 0 saturated carbocycles. The largest absolute Gasteiger partial charge is 0.378 e. The van der Waals surface area contributed by atoms with Gasteiger partial charge in [-0.1, -0.05) is 66.2 Å². The van der Waals surface area contributed by atoms with Crippen molar-refractivity contribution in [3.63, 3.8) is 0 Å². The molecule has 134 valence electrons. The molecule has 0 atom stereocenters. The summed E-state index contributed by atoms with van der Waals surface area (Å²) in [5, 5.41) is 9.53. The van der Waals surface area contributed by atoms with Crippen LogP contribution in [0.15, 0.2) is 83.8 Å². The summed E-state index contributed by atoms with van der Waals surface area (Å²) in [6, 6.07) is 24.4. The average Bonchev–Trinajstić information content (AvgIpc) is 2.68. The van der Waals surface area contributed by atoms with E-state index >= 15 is 0 Å². The Hall–Kier alpha value is -3.36. The van der Waals surface area contributed by atoms with E-state index in [1.54, 1.807) is 48.5 Å². The molecule has 27 heavy (non-hydrogen) atoms. The molecule has 0 fully saturated rings. The van der Waals surface area contributed by atoms with E-state index in [1.165, 1.54) is 12.1 Å². The lowest BCUT2D eigenvalue weighted by atomic mass is 10.0. The van der Waals surface area contributed by atoms with Gasteiger partial charge in [-0.25, -0.2) is 0 Å². The third-order valence-corrected chi connectivity index (χ3v) is 5.18. The van der Waals surface area contributed by atoms with Crippen LogP contribution in [0.25, 0.3) is 11.6 Å². The molecule has 4 nitrogen and oxygen atoms in total. The van der Waals surface area contributed by atoms with Gasteiger partial charge in [0.05, 0.1) is 11.6 Å². The first-order valence-corrected chi connectivity index (χ1v) is 9.68. The van der Waals surface area contributed by atoms with Crippen molar-refractivity contribution in [2.45, 2.75) is 11.8 Å². The molecule has 5 heteroatoms. The highest BCUT2D eigenvalue weighted by Gasteiger charge is 2.17. The van der Waals surface area contributed by atoms with Crippen LogP contribution >= 0.6 is 0 Å². The van der Waals surface area contributed by atoms with E-state index in [2.05, 4.69) is 6.07 Å². The van der Waals surface area contributed by atoms with Gasteiger partial charge in [-0.3, -0.25) is 0 Å². The first kappa shape index (κ1) is 18.4. The standard InChI is InChI=1S/C22H17NO3S/c1-17-11-13-18(14-12-17)20(16-23)15-19-7-5-6-10-22(19)26-27(24,25)21-8-3-2-4-9-21/h2-15H,1H3/b20-15+. The van der Waals surface area contributed by atoms with Crippen LogP contribution < -0.4 is 4.18 Å². The fraction of sp³-hybridized carbons (Fsp3) is 0.0455. The smallest absolute Gasteiger partial charge is 0.339 e. The van der Waals surface area contributed by atoms with Crippen LogP contribution in [0.2, 0.25) is 0 Å². The molecule has 0 N–H and O–H groups in total. The molecular weight excluding hydrogens is 358 g/mol. The number of para-hydroxylation sites is 1. The first-order valence-electron chi connectivity index (χ1n) is 8.27. The van der Waals surface area contributed by atoms with E-state index in [0.29, 0.717) is 11.1 Å². The number of benzene rings is 3. The van der Waals surface area contributed by atoms with Gasteiger partial charge < -0.3 is 4.18 Å². The minimum atomic E-state index is -3.96. The average molecular weight is 375 g/mol. The maximum Gasteiger partial charge on any atom is 0.339 e. The summed E-state index contributed by atoms with van der Waals surface area (Å²) in [6.45, 7) is 1.97. The van der Waals surface area contributed by atoms with Crippen molar-refractivity contribution < 1.29 is 12.6 Å². The number of aryl methyl sites for hydroxylation is 1. The van der Waals surface area contributed by atoms with Crippen LogP contribution in [0.4, 0.5) is 0 Å². The number of rotatable bonds is 5. The Kier molecular flexibility index (Phi) is 5.39. The monoisotopic (exact) mass is 375 g/mol. The molecule has 0 spiro atoms. The third-order valence-electron chi connectivity index (χ3n) is 3.93. The third kappa shape index (κ3) is 4.43. The number of hydrogen-bond donors (Lipinski definition) is 0. The van der Waals surface area contributed by atoms with Gasteiger partial charge >= 0.3 is 10.1 Å². The first-order chi connectivity index (χ1) is 13.0. The molecule has 0 aliphatic rings. The van der Waals surface area contributed by atoms with Crippen molar-refractivity contribution in [3.8, 4) is 11.8 Å². The highest BCUT2D eigenvalue weighted by Crippen LogP contribution is 2.27. The van der Waals surface area contributed by atoms with E-state index in [9.17, 15) is 13.7 Å². The van der Waals surface area contributed by atoms with Crippen molar-refractivity contribution in [2.24, 2.45) is 0 Å². The molecule has 0 radical (unpaired) electrons. The second-order valence-electron chi connectivity index (χ2n) is 5.92. The second-order valence-corrected chi connectivity index (χ2v) is 7.47. The maximum atomic E-state index is 12.5. The topological polar surface area (TPSA) is 67.2 Å². The van der Waals surface area contributed by atoms with E-state index in [4.69, 9.17) is 4.18 Å². The Morgan fingerprint density at radius 2 is 1.56 bits per heavy atom. The zero-order valence-electron chi connectivity index (χ0n) is 14.7. The summed E-state index contributed by atoms with van der Waals surface area (Å²) < 4.78 is 30.4. The summed E-state index contributed by atoms with van der Waals surface area (Å²) >= 11 is 0. The Balaban J connectivity index is 1.99. The number of hydrogen-bond acceptors (Lipinski definition) is 4. The van der Waals surface area contributed by atoms with E-state index < -0.39 is 10.1 Å². The van der Waals surface area contributed by atoms with E-state index in [1.807, 2.05) is 31.2 Å². The van der Waals surface area contributed by atoms with Crippen molar-refractivity contribution >= 4 is 21.8 Å². The summed E-state index contributed by atoms with van der Waals surface area (Å²) in [7, 11) is -3.96. The predicted molar refractivity (Wildman–Crippen MR) is 105 cm³/mol. The lowest BCUT2D eigenvalue weighted by Gasteiger charge is -2.10. The Labute approximate surface area is 159 Å². The van der Waals surface area contributed by atoms with Crippen LogP contribution in [-0.2, 0) is 10.1 Å². The molecule has 0 aliphatic heterocycles. The van der Waals surface area contributed by atoms with Crippen LogP contribution in [0, 0.1) is 18.3 Å². The molecule has 0 unspecified atom stereocenters. The number of nitriles is 1. The minimum absolute atomic E-state index is 0.0721. The lowest BCUT2D eigenvalue weighted by Crippen LogP contribution is -2.10. The number of nitrogens with zero attached hydrogens (tertiary/aromatic N) is 1. The molecule has 0 aromatic heterocycles. The van der Waals surface area contributed by atoms with Crippen molar-refractivity contribution in [3.05, 3.63) is 95.6 Å². The van der Waals surface area contributed by atoms with Crippen molar-refractivity contribution in [1.82, 2.24) is 0 Å². The molecule has 0 amide bonds. The minimum Gasteiger partial charge on any atom is -0.378 e. The normalized spacial score (nSPS) is 11.6. The maximum absolute atomic E-state index is 12.5. The van der Waals surface area contributed by atoms with Gasteiger partial charge in [-0.05, 0) is 36.8 Å². The molecule has 0 heterocycles. The highest BCUT2D eigenvalue weighted by molar-refractivity contribution is 7.87. The van der Waals surface area contributed by atoms with Gasteiger partial charge in [0.25, 0.3) is 0 Å². The molecule has 0 aliphatic carbocycles. The zero-order valence-corrected chi connectivity index (χ0v) is 15.5. The van der Waals surface area contributed by atoms with Gasteiger partial charge in [0.2, 0.25) is 0 Å². The highest BCUT2D eigenvalue weighted by atomic mass is 32.2. The van der Waals surface area contributed by atoms with Gasteiger partial charge in [-0.2, -0.15) is 13.7 Å². The summed E-state index contributed by atoms with van der Waals surface area (Å²) in [6.07, 6.45) is 1.63. The fourth-order valence-corrected chi connectivity index (χ4v) is 3.47. The Bertz CT molecular complexity index is 1110. The Morgan fingerprint density at radius 3 is 2.22 bits per heavy atom. The lowest BCUT2D eigenvalue weighted by molar-refractivity contribution is 0.485. The predicted octanol–water partition coefficient (Wildman–Crippen LogP) is 4.83. The van der Waals surface area contributed by atoms with Gasteiger partial charge in [0.1, 0.15) is 10.6 Å². The summed E-state index contributed by atoms with van der Waals surface area (Å²) in [5.74, 6) is 0.168. The van der Waals surface area contributed by atoms with Gasteiger partial charge in [0.15, 0.2) is 0 Å². The van der Waals surface area contributed by atoms with E-state index in [0.717, 1.165) is 11.1 Å².